The SMILES string of the molecule is COc1ccc(NCC(O)CCl)cc1Br. The minimum Gasteiger partial charge on any atom is -0.496 e. The molecule has 1 atom stereocenters. The van der Waals surface area contributed by atoms with Gasteiger partial charge in [0.2, 0.25) is 0 Å². The van der Waals surface area contributed by atoms with Gasteiger partial charge in [-0.05, 0) is 34.1 Å². The normalized spacial score (nSPS) is 12.3. The molecule has 0 aromatic heterocycles. The highest BCUT2D eigenvalue weighted by molar-refractivity contribution is 9.10. The Morgan fingerprint density at radius 1 is 1.60 bits per heavy atom. The fraction of sp³-hybridized carbons (Fsp3) is 0.400. The van der Waals surface area contributed by atoms with Crippen LogP contribution in [0.25, 0.3) is 0 Å². The lowest BCUT2D eigenvalue weighted by molar-refractivity contribution is 0.211. The number of hydrogen-bond donors (Lipinski definition) is 2. The number of nitrogens with one attached hydrogen (secondary N) is 1. The lowest BCUT2D eigenvalue weighted by atomic mass is 10.3. The first kappa shape index (κ1) is 12.6. The third kappa shape index (κ3) is 3.89. The van der Waals surface area contributed by atoms with Crippen LogP contribution in [-0.2, 0) is 0 Å². The van der Waals surface area contributed by atoms with Crippen molar-refractivity contribution in [3.8, 4) is 5.75 Å². The van der Waals surface area contributed by atoms with Crippen LogP contribution < -0.4 is 10.1 Å². The highest BCUT2D eigenvalue weighted by atomic mass is 79.9. The summed E-state index contributed by atoms with van der Waals surface area (Å²) in [6.07, 6.45) is -0.535. The molecule has 0 aliphatic rings. The van der Waals surface area contributed by atoms with Crippen molar-refractivity contribution in [2.24, 2.45) is 0 Å². The summed E-state index contributed by atoms with van der Waals surface area (Å²) < 4.78 is 5.97. The zero-order chi connectivity index (χ0) is 11.3. The maximum atomic E-state index is 9.26. The fourth-order valence-electron chi connectivity index (χ4n) is 1.07. The lowest BCUT2D eigenvalue weighted by Crippen LogP contribution is -2.20. The van der Waals surface area contributed by atoms with Crippen molar-refractivity contribution in [2.45, 2.75) is 6.10 Å². The Morgan fingerprint density at radius 3 is 2.87 bits per heavy atom. The molecule has 0 aliphatic heterocycles. The van der Waals surface area contributed by atoms with E-state index in [1.807, 2.05) is 18.2 Å². The van der Waals surface area contributed by atoms with Gasteiger partial charge < -0.3 is 15.2 Å². The Bertz CT molecular complexity index is 322. The highest BCUT2D eigenvalue weighted by Crippen LogP contribution is 2.27. The second-order valence-corrected chi connectivity index (χ2v) is 4.20. The number of methoxy groups -OCH3 is 1. The maximum absolute atomic E-state index is 9.26. The Kier molecular flexibility index (Phi) is 5.22. The number of halogens is 2. The van der Waals surface area contributed by atoms with Crippen LogP contribution in [0.3, 0.4) is 0 Å². The molecule has 2 N–H and O–H groups in total. The number of benzene rings is 1. The molecule has 1 unspecified atom stereocenters. The minimum atomic E-state index is -0.535. The van der Waals surface area contributed by atoms with E-state index >= 15 is 0 Å². The van der Waals surface area contributed by atoms with Gasteiger partial charge in [0, 0.05) is 12.2 Å². The number of rotatable bonds is 5. The van der Waals surface area contributed by atoms with E-state index in [2.05, 4.69) is 21.2 Å². The van der Waals surface area contributed by atoms with E-state index in [1.165, 1.54) is 0 Å². The van der Waals surface area contributed by atoms with E-state index in [9.17, 15) is 5.11 Å². The van der Waals surface area contributed by atoms with E-state index in [-0.39, 0.29) is 5.88 Å². The summed E-state index contributed by atoms with van der Waals surface area (Å²) in [5.74, 6) is 1.00. The summed E-state index contributed by atoms with van der Waals surface area (Å²) in [4.78, 5) is 0. The molecular weight excluding hydrogens is 281 g/mol. The third-order valence-corrected chi connectivity index (χ3v) is 2.85. The first-order valence-electron chi connectivity index (χ1n) is 4.48. The summed E-state index contributed by atoms with van der Waals surface area (Å²) >= 11 is 8.86. The molecule has 0 radical (unpaired) electrons. The van der Waals surface area contributed by atoms with Crippen molar-refractivity contribution in [2.75, 3.05) is 24.9 Å². The molecule has 0 amide bonds. The van der Waals surface area contributed by atoms with Crippen LogP contribution in [0.1, 0.15) is 0 Å². The molecule has 15 heavy (non-hydrogen) atoms. The van der Waals surface area contributed by atoms with Crippen molar-refractivity contribution < 1.29 is 9.84 Å². The Balaban J connectivity index is 2.59. The summed E-state index contributed by atoms with van der Waals surface area (Å²) in [6.45, 7) is 0.433. The van der Waals surface area contributed by atoms with Crippen LogP contribution >= 0.6 is 27.5 Å². The molecule has 5 heteroatoms. The summed E-state index contributed by atoms with van der Waals surface area (Å²) in [5.41, 5.74) is 0.909. The van der Waals surface area contributed by atoms with Crippen LogP contribution in [0.15, 0.2) is 22.7 Å². The Hall–Kier alpha value is -0.450. The van der Waals surface area contributed by atoms with Crippen molar-refractivity contribution in [3.63, 3.8) is 0 Å². The maximum Gasteiger partial charge on any atom is 0.133 e. The van der Waals surface area contributed by atoms with Gasteiger partial charge in [0.1, 0.15) is 5.75 Å². The monoisotopic (exact) mass is 293 g/mol. The highest BCUT2D eigenvalue weighted by Gasteiger charge is 2.03. The first-order chi connectivity index (χ1) is 7.17. The predicted octanol–water partition coefficient (Wildman–Crippen LogP) is 2.47. The standard InChI is InChI=1S/C10H13BrClNO2/c1-15-10-3-2-7(4-9(10)11)13-6-8(14)5-12/h2-4,8,13-14H,5-6H2,1H3. The summed E-state index contributed by atoms with van der Waals surface area (Å²) in [7, 11) is 1.62. The van der Waals surface area contributed by atoms with E-state index in [4.69, 9.17) is 16.3 Å². The topological polar surface area (TPSA) is 41.5 Å². The van der Waals surface area contributed by atoms with Crippen LogP contribution in [-0.4, -0.2) is 30.7 Å². The molecule has 84 valence electrons. The molecule has 0 fully saturated rings. The molecule has 1 rings (SSSR count). The average molecular weight is 295 g/mol. The number of anilines is 1. The fourth-order valence-corrected chi connectivity index (χ4v) is 1.72. The van der Waals surface area contributed by atoms with Gasteiger partial charge in [-0.15, -0.1) is 11.6 Å². The number of alkyl halides is 1. The first-order valence-corrected chi connectivity index (χ1v) is 5.81. The quantitative estimate of drug-likeness (QED) is 0.820. The van der Waals surface area contributed by atoms with Gasteiger partial charge in [0.05, 0.1) is 23.6 Å². The van der Waals surface area contributed by atoms with Gasteiger partial charge in [-0.2, -0.15) is 0 Å². The zero-order valence-corrected chi connectivity index (χ0v) is 10.7. The van der Waals surface area contributed by atoms with Gasteiger partial charge in [-0.3, -0.25) is 0 Å². The van der Waals surface area contributed by atoms with Gasteiger partial charge in [-0.25, -0.2) is 0 Å². The van der Waals surface area contributed by atoms with Crippen molar-refractivity contribution >= 4 is 33.2 Å². The molecule has 0 bridgehead atoms. The molecule has 0 aliphatic carbocycles. The van der Waals surface area contributed by atoms with Crippen molar-refractivity contribution in [1.82, 2.24) is 0 Å². The van der Waals surface area contributed by atoms with E-state index < -0.39 is 6.10 Å². The van der Waals surface area contributed by atoms with Crippen molar-refractivity contribution in [1.29, 1.82) is 0 Å². The second kappa shape index (κ2) is 6.20. The van der Waals surface area contributed by atoms with Crippen molar-refractivity contribution in [3.05, 3.63) is 22.7 Å². The predicted molar refractivity (Wildman–Crippen MR) is 65.9 cm³/mol. The molecule has 3 nitrogen and oxygen atoms in total. The molecule has 0 saturated carbocycles. The van der Waals surface area contributed by atoms with Gasteiger partial charge >= 0.3 is 0 Å². The largest absolute Gasteiger partial charge is 0.496 e. The molecule has 1 aromatic carbocycles. The molecule has 0 saturated heterocycles. The summed E-state index contributed by atoms with van der Waals surface area (Å²) in [5, 5.41) is 12.3. The number of hydrogen-bond acceptors (Lipinski definition) is 3. The average Bonchev–Trinajstić information content (AvgIpc) is 2.26. The number of aliphatic hydroxyl groups is 1. The molecular formula is C10H13BrClNO2. The molecule has 1 aromatic rings. The smallest absolute Gasteiger partial charge is 0.133 e. The van der Waals surface area contributed by atoms with Gasteiger partial charge in [0.15, 0.2) is 0 Å². The minimum absolute atomic E-state index is 0.227. The second-order valence-electron chi connectivity index (χ2n) is 3.04. The van der Waals surface area contributed by atoms with E-state index in [0.717, 1.165) is 15.9 Å². The molecule has 0 heterocycles. The number of ether oxygens (including phenoxy) is 1. The van der Waals surface area contributed by atoms with Gasteiger partial charge in [0.25, 0.3) is 0 Å². The zero-order valence-electron chi connectivity index (χ0n) is 8.34. The summed E-state index contributed by atoms with van der Waals surface area (Å²) in [6, 6.07) is 5.61. The number of aliphatic hydroxyl groups excluding tert-OH is 1. The third-order valence-electron chi connectivity index (χ3n) is 1.87. The Morgan fingerprint density at radius 2 is 2.33 bits per heavy atom. The van der Waals surface area contributed by atoms with Crippen LogP contribution in [0.2, 0.25) is 0 Å². The van der Waals surface area contributed by atoms with Crippen LogP contribution in [0.4, 0.5) is 5.69 Å². The Labute approximate surface area is 103 Å². The van der Waals surface area contributed by atoms with Gasteiger partial charge in [-0.1, -0.05) is 0 Å². The lowest BCUT2D eigenvalue weighted by Gasteiger charge is -2.11. The van der Waals surface area contributed by atoms with E-state index in [1.54, 1.807) is 7.11 Å². The van der Waals surface area contributed by atoms with Crippen LogP contribution in [0.5, 0.6) is 5.75 Å². The van der Waals surface area contributed by atoms with E-state index in [0.29, 0.717) is 6.54 Å². The van der Waals surface area contributed by atoms with Crippen LogP contribution in [0, 0.1) is 0 Å². The molecule has 0 spiro atoms.